The number of nitrogens with one attached hydrogen (secondary N) is 2. The van der Waals surface area contributed by atoms with Crippen LogP contribution in [0.1, 0.15) is 59.5 Å². The minimum Gasteiger partial charge on any atom is -0.503 e. The smallest absolute Gasteiger partial charge is 0.341 e. The van der Waals surface area contributed by atoms with Crippen LogP contribution in [0.5, 0.6) is 11.5 Å². The van der Waals surface area contributed by atoms with Gasteiger partial charge in [0.1, 0.15) is 5.00 Å². The fourth-order valence-electron chi connectivity index (χ4n) is 3.56. The SMILES string of the molecule is CCOC(=O)c1c(NC(=O)C(=O)N/N=C/c2cc(Br)c(O)c(OCC)c2)sc2c1CCCCC2. The molecule has 3 rings (SSSR count). The van der Waals surface area contributed by atoms with Crippen LogP contribution in [0.25, 0.3) is 0 Å². The molecule has 1 aliphatic carbocycles. The third kappa shape index (κ3) is 6.15. The number of hydrogen-bond donors (Lipinski definition) is 3. The summed E-state index contributed by atoms with van der Waals surface area (Å²) in [7, 11) is 0. The van der Waals surface area contributed by atoms with E-state index in [2.05, 4.69) is 31.8 Å². The highest BCUT2D eigenvalue weighted by Gasteiger charge is 2.27. The van der Waals surface area contributed by atoms with Crippen molar-refractivity contribution in [2.45, 2.75) is 46.0 Å². The Balaban J connectivity index is 1.71. The minimum atomic E-state index is -0.988. The monoisotopic (exact) mass is 551 g/mol. The van der Waals surface area contributed by atoms with E-state index in [-0.39, 0.29) is 18.1 Å². The van der Waals surface area contributed by atoms with Crippen LogP contribution in [0.4, 0.5) is 5.00 Å². The number of aryl methyl sites for hydroxylation is 1. The summed E-state index contributed by atoms with van der Waals surface area (Å²) in [6, 6.07) is 3.13. The topological polar surface area (TPSA) is 126 Å². The van der Waals surface area contributed by atoms with E-state index in [9.17, 15) is 19.5 Å². The van der Waals surface area contributed by atoms with Crippen molar-refractivity contribution in [2.75, 3.05) is 18.5 Å². The van der Waals surface area contributed by atoms with Gasteiger partial charge in [-0.1, -0.05) is 6.42 Å². The van der Waals surface area contributed by atoms with E-state index in [0.29, 0.717) is 27.2 Å². The average molecular weight is 552 g/mol. The second-order valence-corrected chi connectivity index (χ2v) is 9.38. The van der Waals surface area contributed by atoms with Gasteiger partial charge in [-0.3, -0.25) is 9.59 Å². The molecule has 0 radical (unpaired) electrons. The lowest BCUT2D eigenvalue weighted by Crippen LogP contribution is -2.32. The van der Waals surface area contributed by atoms with Crippen molar-refractivity contribution < 1.29 is 29.0 Å². The molecule has 1 heterocycles. The number of thiophene rings is 1. The number of carbonyl (C=O) groups excluding carboxylic acids is 3. The first-order chi connectivity index (χ1) is 16.3. The Hall–Kier alpha value is -2.92. The van der Waals surface area contributed by atoms with Crippen molar-refractivity contribution in [1.82, 2.24) is 5.43 Å². The number of hydrogen-bond acceptors (Lipinski definition) is 8. The first-order valence-corrected chi connectivity index (χ1v) is 12.6. The molecule has 1 aliphatic rings. The van der Waals surface area contributed by atoms with Gasteiger partial charge in [0.05, 0.1) is 29.5 Å². The summed E-state index contributed by atoms with van der Waals surface area (Å²) < 4.78 is 10.9. The summed E-state index contributed by atoms with van der Waals surface area (Å²) in [4.78, 5) is 38.4. The third-order valence-electron chi connectivity index (χ3n) is 5.06. The Morgan fingerprint density at radius 3 is 2.65 bits per heavy atom. The fourth-order valence-corrected chi connectivity index (χ4v) is 5.29. The Kier molecular flexibility index (Phi) is 9.05. The van der Waals surface area contributed by atoms with Gasteiger partial charge in [0.15, 0.2) is 11.5 Å². The number of phenols is 1. The van der Waals surface area contributed by atoms with Gasteiger partial charge in [-0.25, -0.2) is 10.2 Å². The third-order valence-corrected chi connectivity index (χ3v) is 6.88. The van der Waals surface area contributed by atoms with Gasteiger partial charge in [-0.15, -0.1) is 11.3 Å². The van der Waals surface area contributed by atoms with Crippen molar-refractivity contribution >= 4 is 56.3 Å². The molecule has 2 amide bonds. The zero-order valence-corrected chi connectivity index (χ0v) is 21.3. The maximum atomic E-state index is 12.6. The van der Waals surface area contributed by atoms with Crippen LogP contribution in [0.15, 0.2) is 21.7 Å². The summed E-state index contributed by atoms with van der Waals surface area (Å²) in [5.41, 5.74) is 3.94. The lowest BCUT2D eigenvalue weighted by Gasteiger charge is -2.08. The summed E-state index contributed by atoms with van der Waals surface area (Å²) >= 11 is 4.54. The van der Waals surface area contributed by atoms with Crippen LogP contribution in [-0.4, -0.2) is 42.3 Å². The molecule has 2 aromatic rings. The van der Waals surface area contributed by atoms with E-state index in [1.54, 1.807) is 26.0 Å². The number of benzene rings is 1. The first-order valence-electron chi connectivity index (χ1n) is 11.0. The second kappa shape index (κ2) is 12.0. The Bertz CT molecular complexity index is 1110. The quantitative estimate of drug-likeness (QED) is 0.156. The van der Waals surface area contributed by atoms with Crippen LogP contribution >= 0.6 is 27.3 Å². The highest BCUT2D eigenvalue weighted by Crippen LogP contribution is 2.38. The first kappa shape index (κ1) is 25.7. The van der Waals surface area contributed by atoms with Gasteiger partial charge in [0, 0.05) is 4.88 Å². The molecule has 9 nitrogen and oxygen atoms in total. The number of phenolic OH excluding ortho intramolecular Hbond substituents is 1. The number of ether oxygens (including phenoxy) is 2. The molecule has 1 aromatic heterocycles. The summed E-state index contributed by atoms with van der Waals surface area (Å²) in [6.07, 6.45) is 5.92. The molecule has 0 atom stereocenters. The Morgan fingerprint density at radius 2 is 1.91 bits per heavy atom. The largest absolute Gasteiger partial charge is 0.503 e. The molecule has 0 fully saturated rings. The molecular formula is C23H26BrN3O6S. The Labute approximate surface area is 209 Å². The van der Waals surface area contributed by atoms with Crippen molar-refractivity contribution in [3.8, 4) is 11.5 Å². The van der Waals surface area contributed by atoms with Gasteiger partial charge >= 0.3 is 17.8 Å². The molecular weight excluding hydrogens is 526 g/mol. The van der Waals surface area contributed by atoms with E-state index in [1.807, 2.05) is 0 Å². The van der Waals surface area contributed by atoms with Crippen molar-refractivity contribution in [2.24, 2.45) is 5.10 Å². The molecule has 0 aliphatic heterocycles. The standard InChI is InChI=1S/C23H26BrN3O6S/c1-3-32-16-11-13(10-15(24)19(16)28)12-25-27-21(30)20(29)26-22-18(23(31)33-4-2)14-8-6-5-7-9-17(14)34-22/h10-12,28H,3-9H2,1-2H3,(H,26,29)(H,27,30)/b25-12+. The maximum Gasteiger partial charge on any atom is 0.341 e. The maximum absolute atomic E-state index is 12.6. The number of fused-ring (bicyclic) bond motifs is 1. The molecule has 1 aromatic carbocycles. The zero-order chi connectivity index (χ0) is 24.7. The molecule has 0 saturated carbocycles. The van der Waals surface area contributed by atoms with E-state index < -0.39 is 17.8 Å². The van der Waals surface area contributed by atoms with Gasteiger partial charge in [-0.05, 0) is 78.7 Å². The number of aromatic hydroxyl groups is 1. The average Bonchev–Trinajstić information content (AvgIpc) is 2.97. The summed E-state index contributed by atoms with van der Waals surface area (Å²) in [5.74, 6) is -2.22. The number of amides is 2. The highest BCUT2D eigenvalue weighted by molar-refractivity contribution is 9.10. The molecule has 34 heavy (non-hydrogen) atoms. The Morgan fingerprint density at radius 1 is 1.15 bits per heavy atom. The van der Waals surface area contributed by atoms with Crippen LogP contribution in [0, 0.1) is 0 Å². The number of esters is 1. The lowest BCUT2D eigenvalue weighted by molar-refractivity contribution is -0.136. The normalized spacial score (nSPS) is 13.1. The molecule has 3 N–H and O–H groups in total. The van der Waals surface area contributed by atoms with E-state index >= 15 is 0 Å². The second-order valence-electron chi connectivity index (χ2n) is 7.42. The van der Waals surface area contributed by atoms with E-state index in [4.69, 9.17) is 9.47 Å². The summed E-state index contributed by atoms with van der Waals surface area (Å²) in [5, 5.41) is 16.7. The predicted molar refractivity (Wildman–Crippen MR) is 133 cm³/mol. The zero-order valence-electron chi connectivity index (χ0n) is 18.9. The number of halogens is 1. The number of anilines is 1. The molecule has 0 unspecified atom stereocenters. The molecule has 0 saturated heterocycles. The number of carbonyl (C=O) groups is 3. The van der Waals surface area contributed by atoms with Gasteiger partial charge < -0.3 is 19.9 Å². The number of hydrazone groups is 1. The molecule has 0 spiro atoms. The van der Waals surface area contributed by atoms with Gasteiger partial charge in [-0.2, -0.15) is 5.10 Å². The minimum absolute atomic E-state index is 0.0471. The van der Waals surface area contributed by atoms with Crippen LogP contribution in [0.2, 0.25) is 0 Å². The molecule has 0 bridgehead atoms. The van der Waals surface area contributed by atoms with Crippen molar-refractivity contribution in [3.05, 3.63) is 38.2 Å². The van der Waals surface area contributed by atoms with Crippen molar-refractivity contribution in [3.63, 3.8) is 0 Å². The predicted octanol–water partition coefficient (Wildman–Crippen LogP) is 4.15. The van der Waals surface area contributed by atoms with E-state index in [1.165, 1.54) is 17.6 Å². The van der Waals surface area contributed by atoms with Crippen LogP contribution < -0.4 is 15.5 Å². The van der Waals surface area contributed by atoms with Gasteiger partial charge in [0.25, 0.3) is 0 Å². The number of rotatable bonds is 7. The van der Waals surface area contributed by atoms with E-state index in [0.717, 1.165) is 42.5 Å². The highest BCUT2D eigenvalue weighted by atomic mass is 79.9. The molecule has 11 heteroatoms. The lowest BCUT2D eigenvalue weighted by atomic mass is 10.1. The fraction of sp³-hybridized carbons (Fsp3) is 0.391. The van der Waals surface area contributed by atoms with Gasteiger partial charge in [0.2, 0.25) is 0 Å². The molecule has 182 valence electrons. The van der Waals surface area contributed by atoms with Crippen molar-refractivity contribution in [1.29, 1.82) is 0 Å². The van der Waals surface area contributed by atoms with Crippen LogP contribution in [-0.2, 0) is 27.2 Å². The van der Waals surface area contributed by atoms with Crippen LogP contribution in [0.3, 0.4) is 0 Å². The number of nitrogens with zero attached hydrogens (tertiary/aromatic N) is 1. The summed E-state index contributed by atoms with van der Waals surface area (Å²) in [6.45, 7) is 4.07.